The first-order valence-corrected chi connectivity index (χ1v) is 12.8. The number of ether oxygens (including phenoxy) is 3. The first-order chi connectivity index (χ1) is 18.7. The van der Waals surface area contributed by atoms with Crippen LogP contribution in [-0.2, 0) is 20.9 Å². The number of hydrogen-bond donors (Lipinski definition) is 3. The summed E-state index contributed by atoms with van der Waals surface area (Å²) >= 11 is 12.2. The maximum absolute atomic E-state index is 13.3. The number of aldehydes is 1. The van der Waals surface area contributed by atoms with Crippen LogP contribution in [0.15, 0.2) is 42.0 Å². The molecular formula is C27H28Cl2N2O8. The van der Waals surface area contributed by atoms with E-state index in [-0.39, 0.29) is 43.4 Å². The van der Waals surface area contributed by atoms with Crippen molar-refractivity contribution >= 4 is 41.3 Å². The van der Waals surface area contributed by atoms with E-state index in [0.29, 0.717) is 33.0 Å². The van der Waals surface area contributed by atoms with E-state index in [1.165, 1.54) is 31.3 Å². The predicted molar refractivity (Wildman–Crippen MR) is 142 cm³/mol. The van der Waals surface area contributed by atoms with Gasteiger partial charge in [0.1, 0.15) is 25.1 Å². The molecule has 2 aromatic carbocycles. The molecule has 0 saturated heterocycles. The molecule has 4 atom stereocenters. The zero-order chi connectivity index (χ0) is 28.3. The third-order valence-electron chi connectivity index (χ3n) is 6.70. The lowest BCUT2D eigenvalue weighted by Gasteiger charge is -2.40. The molecule has 3 N–H and O–H groups in total. The number of nitrogens with zero attached hydrogens (tertiary/aromatic N) is 1. The lowest BCUT2D eigenvalue weighted by molar-refractivity contribution is -0.141. The third kappa shape index (κ3) is 5.75. The fourth-order valence-electron chi connectivity index (χ4n) is 4.96. The minimum atomic E-state index is -1.29. The first kappa shape index (κ1) is 28.8. The fraction of sp³-hybridized carbons (Fsp3) is 0.370. The number of carbonyl (C=O) groups is 3. The van der Waals surface area contributed by atoms with Gasteiger partial charge in [0, 0.05) is 36.9 Å². The van der Waals surface area contributed by atoms with E-state index in [1.54, 1.807) is 24.3 Å². The average Bonchev–Trinajstić information content (AvgIpc) is 3.32. The van der Waals surface area contributed by atoms with Crippen LogP contribution in [0.2, 0.25) is 10.0 Å². The highest BCUT2D eigenvalue weighted by molar-refractivity contribution is 6.42. The fourth-order valence-corrected chi connectivity index (χ4v) is 5.28. The van der Waals surface area contributed by atoms with Gasteiger partial charge in [0.25, 0.3) is 0 Å². The largest absolute Gasteiger partial charge is 0.493 e. The Labute approximate surface area is 235 Å². The quantitative estimate of drug-likeness (QED) is 0.365. The molecule has 0 spiro atoms. The van der Waals surface area contributed by atoms with Gasteiger partial charge in [-0.3, -0.25) is 14.4 Å². The summed E-state index contributed by atoms with van der Waals surface area (Å²) in [5, 5.41) is 24.2. The molecule has 0 saturated carbocycles. The van der Waals surface area contributed by atoms with Crippen molar-refractivity contribution in [3.63, 3.8) is 0 Å². The van der Waals surface area contributed by atoms with Gasteiger partial charge in [0.15, 0.2) is 11.5 Å². The van der Waals surface area contributed by atoms with Gasteiger partial charge in [0.2, 0.25) is 11.8 Å². The summed E-state index contributed by atoms with van der Waals surface area (Å²) in [6.45, 7) is -0.561. The summed E-state index contributed by atoms with van der Waals surface area (Å²) < 4.78 is 16.7. The van der Waals surface area contributed by atoms with Crippen LogP contribution in [0.4, 0.5) is 0 Å². The van der Waals surface area contributed by atoms with E-state index in [4.69, 9.17) is 37.4 Å². The van der Waals surface area contributed by atoms with Crippen molar-refractivity contribution in [1.29, 1.82) is 0 Å². The number of amides is 2. The summed E-state index contributed by atoms with van der Waals surface area (Å²) in [4.78, 5) is 39.6. The number of fused-ring (bicyclic) bond motifs is 3. The zero-order valence-electron chi connectivity index (χ0n) is 21.2. The molecule has 1 heterocycles. The molecule has 39 heavy (non-hydrogen) atoms. The molecule has 2 amide bonds. The SMILES string of the molecule is COCC(=O)N(Cc1ccc(Cl)c(Cl)c1)C1C=C(C(=O)NCCO)C2c3cc(C=O)cc(OC)c3OC2C1O. The minimum Gasteiger partial charge on any atom is -0.493 e. The molecule has 2 aliphatic rings. The van der Waals surface area contributed by atoms with Gasteiger partial charge in [0.05, 0.1) is 35.7 Å². The van der Waals surface area contributed by atoms with Crippen molar-refractivity contribution in [2.24, 2.45) is 0 Å². The van der Waals surface area contributed by atoms with Gasteiger partial charge in [-0.2, -0.15) is 0 Å². The van der Waals surface area contributed by atoms with Crippen LogP contribution in [0, 0.1) is 0 Å². The third-order valence-corrected chi connectivity index (χ3v) is 7.43. The van der Waals surface area contributed by atoms with E-state index in [2.05, 4.69) is 5.32 Å². The van der Waals surface area contributed by atoms with Gasteiger partial charge >= 0.3 is 0 Å². The Balaban J connectivity index is 1.82. The summed E-state index contributed by atoms with van der Waals surface area (Å²) in [7, 11) is 2.79. The van der Waals surface area contributed by atoms with Crippen LogP contribution in [0.5, 0.6) is 11.5 Å². The number of halogens is 2. The molecule has 1 aliphatic heterocycles. The van der Waals surface area contributed by atoms with Crippen molar-refractivity contribution in [3.8, 4) is 11.5 Å². The Morgan fingerprint density at radius 2 is 1.95 bits per heavy atom. The Kier molecular flexibility index (Phi) is 9.14. The molecule has 12 heteroatoms. The van der Waals surface area contributed by atoms with Crippen LogP contribution in [0.25, 0.3) is 0 Å². The molecular weight excluding hydrogens is 551 g/mol. The molecule has 0 fully saturated rings. The van der Waals surface area contributed by atoms with E-state index in [1.807, 2.05) is 0 Å². The minimum absolute atomic E-state index is 0.0121. The van der Waals surface area contributed by atoms with Crippen LogP contribution in [0.1, 0.15) is 27.4 Å². The van der Waals surface area contributed by atoms with E-state index in [0.717, 1.165) is 0 Å². The Morgan fingerprint density at radius 1 is 1.18 bits per heavy atom. The van der Waals surface area contributed by atoms with Crippen LogP contribution in [0.3, 0.4) is 0 Å². The number of aliphatic hydroxyl groups is 2. The highest BCUT2D eigenvalue weighted by atomic mass is 35.5. The number of aliphatic hydroxyl groups excluding tert-OH is 2. The highest BCUT2D eigenvalue weighted by Gasteiger charge is 2.51. The maximum atomic E-state index is 13.3. The monoisotopic (exact) mass is 578 g/mol. The van der Waals surface area contributed by atoms with Crippen molar-refractivity contribution in [2.45, 2.75) is 30.7 Å². The predicted octanol–water partition coefficient (Wildman–Crippen LogP) is 2.11. The lowest BCUT2D eigenvalue weighted by atomic mass is 9.77. The second-order valence-corrected chi connectivity index (χ2v) is 9.92. The lowest BCUT2D eigenvalue weighted by Crippen LogP contribution is -2.56. The van der Waals surface area contributed by atoms with Crippen LogP contribution >= 0.6 is 23.2 Å². The maximum Gasteiger partial charge on any atom is 0.249 e. The smallest absolute Gasteiger partial charge is 0.249 e. The van der Waals surface area contributed by atoms with Crippen LogP contribution < -0.4 is 14.8 Å². The molecule has 208 valence electrons. The number of rotatable bonds is 10. The second-order valence-electron chi connectivity index (χ2n) is 9.11. The molecule has 1 aliphatic carbocycles. The molecule has 0 radical (unpaired) electrons. The average molecular weight is 579 g/mol. The van der Waals surface area contributed by atoms with Crippen molar-refractivity contribution < 1.29 is 38.8 Å². The molecule has 4 rings (SSSR count). The molecule has 0 bridgehead atoms. The van der Waals surface area contributed by atoms with Gasteiger partial charge < -0.3 is 34.6 Å². The van der Waals surface area contributed by atoms with E-state index < -0.39 is 36.0 Å². The van der Waals surface area contributed by atoms with E-state index >= 15 is 0 Å². The normalized spacial score (nSPS) is 21.2. The molecule has 10 nitrogen and oxygen atoms in total. The number of benzene rings is 2. The van der Waals surface area contributed by atoms with E-state index in [9.17, 15) is 24.6 Å². The van der Waals surface area contributed by atoms with Gasteiger partial charge in [-0.25, -0.2) is 0 Å². The first-order valence-electron chi connectivity index (χ1n) is 12.1. The van der Waals surface area contributed by atoms with Gasteiger partial charge in [-0.15, -0.1) is 0 Å². The summed E-state index contributed by atoms with van der Waals surface area (Å²) in [6, 6.07) is 6.99. The standard InChI is InChI=1S/C27H28Cl2N2O8/c1-37-13-22(34)31(11-14-3-4-18(28)19(29)8-14)20-10-17(27(36)30-5-6-32)23-16-7-15(12-33)9-21(38-2)25(16)39-26(23)24(20)35/h3-4,7-10,12,20,23-24,26,32,35H,5-6,11,13H2,1-2H3,(H,30,36). The molecule has 4 unspecified atom stereocenters. The molecule has 2 aromatic rings. The summed E-state index contributed by atoms with van der Waals surface area (Å²) in [5.74, 6) is -1.18. The Bertz CT molecular complexity index is 1300. The summed E-state index contributed by atoms with van der Waals surface area (Å²) in [6.07, 6.45) is -0.116. The van der Waals surface area contributed by atoms with Crippen molar-refractivity contribution in [3.05, 3.63) is 68.7 Å². The number of hydrogen-bond acceptors (Lipinski definition) is 8. The number of nitrogens with one attached hydrogen (secondary N) is 1. The topological polar surface area (TPSA) is 135 Å². The van der Waals surface area contributed by atoms with Crippen molar-refractivity contribution in [2.75, 3.05) is 34.0 Å². The van der Waals surface area contributed by atoms with Crippen LogP contribution in [-0.4, -0.2) is 85.4 Å². The Morgan fingerprint density at radius 3 is 2.59 bits per heavy atom. The highest BCUT2D eigenvalue weighted by Crippen LogP contribution is 2.51. The number of methoxy groups -OCH3 is 2. The van der Waals surface area contributed by atoms with Crippen molar-refractivity contribution in [1.82, 2.24) is 10.2 Å². The summed E-state index contributed by atoms with van der Waals surface area (Å²) in [5.41, 5.74) is 1.63. The molecule has 0 aromatic heterocycles. The number of carbonyl (C=O) groups excluding carboxylic acids is 3. The second kappa shape index (κ2) is 12.4. The van der Waals surface area contributed by atoms with Gasteiger partial charge in [-0.05, 0) is 35.9 Å². The zero-order valence-corrected chi connectivity index (χ0v) is 22.7. The van der Waals surface area contributed by atoms with Gasteiger partial charge in [-0.1, -0.05) is 29.3 Å². The Hall–Kier alpha value is -3.15.